The summed E-state index contributed by atoms with van der Waals surface area (Å²) in [5, 5.41) is 9.00. The molecule has 0 saturated carbocycles. The number of rotatable bonds is 6. The highest BCUT2D eigenvalue weighted by Crippen LogP contribution is 2.34. The molecule has 1 amide bonds. The van der Waals surface area contributed by atoms with Crippen molar-refractivity contribution in [2.24, 2.45) is 7.05 Å². The largest absolute Gasteiger partial charge is 0.350 e. The van der Waals surface area contributed by atoms with E-state index in [1.54, 1.807) is 24.9 Å². The van der Waals surface area contributed by atoms with Crippen molar-refractivity contribution in [3.63, 3.8) is 0 Å². The first kappa shape index (κ1) is 18.2. The number of halogens is 5. The Hall–Kier alpha value is -2.10. The number of alkyl halides is 4. The number of amides is 1. The van der Waals surface area contributed by atoms with E-state index in [2.05, 4.69) is 15.5 Å². The van der Waals surface area contributed by atoms with Crippen LogP contribution in [0.3, 0.4) is 0 Å². The normalized spacial score (nSPS) is 11.5. The highest BCUT2D eigenvalue weighted by molar-refractivity contribution is 6.32. The summed E-state index contributed by atoms with van der Waals surface area (Å²) in [6, 6.07) is 0. The van der Waals surface area contributed by atoms with Crippen LogP contribution in [0.1, 0.15) is 35.5 Å². The molecule has 0 fully saturated rings. The smallest absolute Gasteiger partial charge is 0.283 e. The van der Waals surface area contributed by atoms with E-state index in [-0.39, 0.29) is 6.54 Å². The van der Waals surface area contributed by atoms with Crippen molar-refractivity contribution in [1.82, 2.24) is 24.9 Å². The SMILES string of the molecule is Cc1c(CNC(=O)Cn2nc(C(F)F)c(Cl)c2C(F)F)cnn1C. The molecule has 0 bridgehead atoms. The Morgan fingerprint density at radius 1 is 1.33 bits per heavy atom. The molecular weight excluding hydrogens is 354 g/mol. The topological polar surface area (TPSA) is 64.7 Å². The molecule has 24 heavy (non-hydrogen) atoms. The second-order valence-corrected chi connectivity index (χ2v) is 5.38. The molecule has 1 N–H and O–H groups in total. The first-order valence-corrected chi connectivity index (χ1v) is 7.16. The number of nitrogens with zero attached hydrogens (tertiary/aromatic N) is 4. The van der Waals surface area contributed by atoms with E-state index in [1.807, 2.05) is 0 Å². The van der Waals surface area contributed by atoms with Crippen molar-refractivity contribution >= 4 is 17.5 Å². The number of aromatic nitrogens is 4. The predicted octanol–water partition coefficient (Wildman–Crippen LogP) is 2.77. The average Bonchev–Trinajstić information content (AvgIpc) is 2.98. The van der Waals surface area contributed by atoms with Gasteiger partial charge in [-0.3, -0.25) is 14.2 Å². The summed E-state index contributed by atoms with van der Waals surface area (Å²) in [4.78, 5) is 11.9. The van der Waals surface area contributed by atoms with Crippen LogP contribution in [0.4, 0.5) is 17.6 Å². The molecule has 2 aromatic rings. The fraction of sp³-hybridized carbons (Fsp3) is 0.462. The van der Waals surface area contributed by atoms with Gasteiger partial charge >= 0.3 is 0 Å². The molecular formula is C13H14ClF4N5O. The first-order chi connectivity index (χ1) is 11.2. The number of carbonyl (C=O) groups excluding carboxylic acids is 1. The van der Waals surface area contributed by atoms with Gasteiger partial charge in [0.05, 0.1) is 11.2 Å². The maximum Gasteiger partial charge on any atom is 0.283 e. The average molecular weight is 368 g/mol. The number of hydrogen-bond acceptors (Lipinski definition) is 3. The molecule has 0 atom stereocenters. The number of carbonyl (C=O) groups is 1. The van der Waals surface area contributed by atoms with Crippen molar-refractivity contribution in [2.45, 2.75) is 32.9 Å². The molecule has 0 radical (unpaired) electrons. The molecule has 2 heterocycles. The number of nitrogens with one attached hydrogen (secondary N) is 1. The zero-order valence-corrected chi connectivity index (χ0v) is 13.5. The fourth-order valence-electron chi connectivity index (χ4n) is 2.04. The predicted molar refractivity (Wildman–Crippen MR) is 76.9 cm³/mol. The zero-order chi connectivity index (χ0) is 18.0. The Bertz CT molecular complexity index is 743. The van der Waals surface area contributed by atoms with Gasteiger partial charge in [0, 0.05) is 24.8 Å². The van der Waals surface area contributed by atoms with E-state index >= 15 is 0 Å². The first-order valence-electron chi connectivity index (χ1n) is 6.79. The Morgan fingerprint density at radius 3 is 2.50 bits per heavy atom. The van der Waals surface area contributed by atoms with Gasteiger partial charge in [0.2, 0.25) is 5.91 Å². The van der Waals surface area contributed by atoms with Crippen molar-refractivity contribution in [3.05, 3.63) is 33.9 Å². The second-order valence-electron chi connectivity index (χ2n) is 5.00. The molecule has 11 heteroatoms. The van der Waals surface area contributed by atoms with E-state index in [0.29, 0.717) is 4.68 Å². The Kier molecular flexibility index (Phi) is 5.47. The van der Waals surface area contributed by atoms with Gasteiger partial charge in [-0.05, 0) is 6.92 Å². The van der Waals surface area contributed by atoms with E-state index < -0.39 is 41.7 Å². The molecule has 0 spiro atoms. The zero-order valence-electron chi connectivity index (χ0n) is 12.7. The summed E-state index contributed by atoms with van der Waals surface area (Å²) >= 11 is 5.51. The lowest BCUT2D eigenvalue weighted by Gasteiger charge is -2.08. The molecule has 6 nitrogen and oxygen atoms in total. The molecule has 0 aromatic carbocycles. The Balaban J connectivity index is 2.11. The van der Waals surface area contributed by atoms with Gasteiger partial charge in [-0.25, -0.2) is 17.6 Å². The molecule has 132 valence electrons. The summed E-state index contributed by atoms with van der Waals surface area (Å²) in [6.45, 7) is 1.27. The Morgan fingerprint density at radius 2 is 2.00 bits per heavy atom. The van der Waals surface area contributed by atoms with E-state index in [0.717, 1.165) is 11.3 Å². The summed E-state index contributed by atoms with van der Waals surface area (Å²) in [6.07, 6.45) is -4.69. The van der Waals surface area contributed by atoms with Gasteiger partial charge in [-0.1, -0.05) is 11.6 Å². The van der Waals surface area contributed by atoms with Gasteiger partial charge in [-0.15, -0.1) is 0 Å². The van der Waals surface area contributed by atoms with Gasteiger partial charge in [0.25, 0.3) is 12.9 Å². The van der Waals surface area contributed by atoms with Crippen molar-refractivity contribution < 1.29 is 22.4 Å². The lowest BCUT2D eigenvalue weighted by molar-refractivity contribution is -0.122. The molecule has 0 aliphatic carbocycles. The van der Waals surface area contributed by atoms with Crippen LogP contribution in [0.15, 0.2) is 6.20 Å². The third kappa shape index (κ3) is 3.69. The molecule has 0 unspecified atom stereocenters. The molecule has 0 aliphatic rings. The van der Waals surface area contributed by atoms with E-state index in [1.165, 1.54) is 0 Å². The minimum atomic E-state index is -3.13. The summed E-state index contributed by atoms with van der Waals surface area (Å²) in [5.74, 6) is -0.667. The monoisotopic (exact) mass is 367 g/mol. The minimum Gasteiger partial charge on any atom is -0.350 e. The molecule has 0 saturated heterocycles. The lowest BCUT2D eigenvalue weighted by Crippen LogP contribution is -2.28. The summed E-state index contributed by atoms with van der Waals surface area (Å²) < 4.78 is 53.5. The van der Waals surface area contributed by atoms with Crippen LogP contribution in [0, 0.1) is 6.92 Å². The van der Waals surface area contributed by atoms with E-state index in [4.69, 9.17) is 11.6 Å². The van der Waals surface area contributed by atoms with Crippen LogP contribution < -0.4 is 5.32 Å². The maximum absolute atomic E-state index is 13.0. The van der Waals surface area contributed by atoms with Gasteiger partial charge in [0.1, 0.15) is 17.9 Å². The van der Waals surface area contributed by atoms with Crippen LogP contribution in [0.25, 0.3) is 0 Å². The van der Waals surface area contributed by atoms with Crippen molar-refractivity contribution in [2.75, 3.05) is 0 Å². The van der Waals surface area contributed by atoms with Gasteiger partial charge in [0.15, 0.2) is 0 Å². The number of hydrogen-bond donors (Lipinski definition) is 1. The van der Waals surface area contributed by atoms with Crippen molar-refractivity contribution in [3.8, 4) is 0 Å². The van der Waals surface area contributed by atoms with Crippen LogP contribution in [0.5, 0.6) is 0 Å². The summed E-state index contributed by atoms with van der Waals surface area (Å²) in [7, 11) is 1.73. The standard InChI is InChI=1S/C13H14ClF4N5O/c1-6-7(4-20-22(6)2)3-19-8(24)5-23-11(13(17)18)9(14)10(21-23)12(15)16/h4,12-13H,3,5H2,1-2H3,(H,19,24). The molecule has 0 aliphatic heterocycles. The Labute approximate surface area is 139 Å². The van der Waals surface area contributed by atoms with Crippen LogP contribution in [-0.4, -0.2) is 25.5 Å². The second kappa shape index (κ2) is 7.20. The van der Waals surface area contributed by atoms with Crippen molar-refractivity contribution in [1.29, 1.82) is 0 Å². The highest BCUT2D eigenvalue weighted by Gasteiger charge is 2.28. The van der Waals surface area contributed by atoms with Gasteiger partial charge in [-0.2, -0.15) is 10.2 Å². The molecule has 2 aromatic heterocycles. The third-order valence-corrected chi connectivity index (χ3v) is 3.86. The fourth-order valence-corrected chi connectivity index (χ4v) is 2.34. The third-order valence-electron chi connectivity index (χ3n) is 3.48. The van der Waals surface area contributed by atoms with Crippen LogP contribution in [0.2, 0.25) is 5.02 Å². The number of aryl methyl sites for hydroxylation is 1. The summed E-state index contributed by atoms with van der Waals surface area (Å²) in [5.41, 5.74) is -0.306. The minimum absolute atomic E-state index is 0.124. The quantitative estimate of drug-likeness (QED) is 0.798. The lowest BCUT2D eigenvalue weighted by atomic mass is 10.2. The van der Waals surface area contributed by atoms with Crippen LogP contribution >= 0.6 is 11.6 Å². The van der Waals surface area contributed by atoms with Gasteiger partial charge < -0.3 is 5.32 Å². The highest BCUT2D eigenvalue weighted by atomic mass is 35.5. The molecule has 2 rings (SSSR count). The maximum atomic E-state index is 13.0. The van der Waals surface area contributed by atoms with E-state index in [9.17, 15) is 22.4 Å². The van der Waals surface area contributed by atoms with Crippen LogP contribution in [-0.2, 0) is 24.9 Å².